The normalized spacial score (nSPS) is 13.1. The van der Waals surface area contributed by atoms with Crippen LogP contribution in [0.25, 0.3) is 0 Å². The topological polar surface area (TPSA) is 0 Å². The second-order valence-corrected chi connectivity index (χ2v) is 3.77. The average Bonchev–Trinajstić information content (AvgIpc) is 1.94. The van der Waals surface area contributed by atoms with Gasteiger partial charge in [0.15, 0.2) is 0 Å². The highest BCUT2D eigenvalue weighted by atomic mass is 79.9. The fraction of sp³-hybridized carbons (Fsp3) is 0.250. The van der Waals surface area contributed by atoms with E-state index < -0.39 is 0 Å². The standard InChI is InChI=1S/C8H7BrClF/c1-5(10)6-3-2-4-7(9)8(6)11/h2-5H,1H3. The lowest BCUT2D eigenvalue weighted by atomic mass is 10.1. The Labute approximate surface area is 78.5 Å². The van der Waals surface area contributed by atoms with Crippen LogP contribution in [-0.4, -0.2) is 0 Å². The van der Waals surface area contributed by atoms with Gasteiger partial charge in [0.2, 0.25) is 0 Å². The van der Waals surface area contributed by atoms with Gasteiger partial charge >= 0.3 is 0 Å². The minimum atomic E-state index is -0.285. The molecule has 0 amide bonds. The second-order valence-electron chi connectivity index (χ2n) is 2.26. The lowest BCUT2D eigenvalue weighted by molar-refractivity contribution is 0.603. The van der Waals surface area contributed by atoms with E-state index in [1.807, 2.05) is 0 Å². The van der Waals surface area contributed by atoms with Crippen LogP contribution in [0.15, 0.2) is 22.7 Å². The number of hydrogen-bond donors (Lipinski definition) is 0. The third-order valence-corrected chi connectivity index (χ3v) is 2.26. The molecule has 0 aliphatic heterocycles. The average molecular weight is 237 g/mol. The summed E-state index contributed by atoms with van der Waals surface area (Å²) in [5, 5.41) is -0.285. The predicted octanol–water partition coefficient (Wildman–Crippen LogP) is 3.89. The SMILES string of the molecule is CC(Cl)c1cccc(Br)c1F. The maximum atomic E-state index is 13.1. The summed E-state index contributed by atoms with van der Waals surface area (Å²) >= 11 is 8.80. The Morgan fingerprint density at radius 2 is 2.18 bits per heavy atom. The van der Waals surface area contributed by atoms with Crippen LogP contribution in [-0.2, 0) is 0 Å². The van der Waals surface area contributed by atoms with Crippen molar-refractivity contribution >= 4 is 27.5 Å². The minimum Gasteiger partial charge on any atom is -0.205 e. The summed E-state index contributed by atoms with van der Waals surface area (Å²) in [4.78, 5) is 0. The molecule has 1 atom stereocenters. The molecule has 1 unspecified atom stereocenters. The van der Waals surface area contributed by atoms with Crippen LogP contribution in [0.4, 0.5) is 4.39 Å². The molecule has 0 nitrogen and oxygen atoms in total. The maximum absolute atomic E-state index is 13.1. The molecule has 0 fully saturated rings. The minimum absolute atomic E-state index is 0.269. The molecule has 60 valence electrons. The molecular formula is C8H7BrClF. The fourth-order valence-electron chi connectivity index (χ4n) is 0.828. The van der Waals surface area contributed by atoms with Crippen LogP contribution in [0.2, 0.25) is 0 Å². The molecule has 0 N–H and O–H groups in total. The monoisotopic (exact) mass is 236 g/mol. The summed E-state index contributed by atoms with van der Waals surface area (Å²) in [6.45, 7) is 1.74. The van der Waals surface area contributed by atoms with Crippen molar-refractivity contribution < 1.29 is 4.39 Å². The quantitative estimate of drug-likeness (QED) is 0.650. The molecule has 0 aliphatic rings. The predicted molar refractivity (Wildman–Crippen MR) is 48.4 cm³/mol. The summed E-state index contributed by atoms with van der Waals surface area (Å²) < 4.78 is 13.6. The summed E-state index contributed by atoms with van der Waals surface area (Å²) in [7, 11) is 0. The maximum Gasteiger partial charge on any atom is 0.142 e. The van der Waals surface area contributed by atoms with Gasteiger partial charge in [-0.2, -0.15) is 0 Å². The Morgan fingerprint density at radius 3 is 2.64 bits per heavy atom. The van der Waals surface area contributed by atoms with Crippen LogP contribution in [0.5, 0.6) is 0 Å². The van der Waals surface area contributed by atoms with Crippen molar-refractivity contribution in [2.75, 3.05) is 0 Å². The van der Waals surface area contributed by atoms with E-state index in [9.17, 15) is 4.39 Å². The van der Waals surface area contributed by atoms with Crippen molar-refractivity contribution in [1.29, 1.82) is 0 Å². The number of rotatable bonds is 1. The highest BCUT2D eigenvalue weighted by molar-refractivity contribution is 9.10. The first-order valence-corrected chi connectivity index (χ1v) is 4.44. The summed E-state index contributed by atoms with van der Waals surface area (Å²) in [6.07, 6.45) is 0. The van der Waals surface area contributed by atoms with Crippen LogP contribution < -0.4 is 0 Å². The fourth-order valence-corrected chi connectivity index (χ4v) is 1.38. The highest BCUT2D eigenvalue weighted by Gasteiger charge is 2.09. The van der Waals surface area contributed by atoms with Crippen LogP contribution in [0.3, 0.4) is 0 Å². The van der Waals surface area contributed by atoms with Crippen LogP contribution >= 0.6 is 27.5 Å². The van der Waals surface area contributed by atoms with E-state index in [4.69, 9.17) is 11.6 Å². The lowest BCUT2D eigenvalue weighted by Crippen LogP contribution is -1.90. The van der Waals surface area contributed by atoms with Crippen molar-refractivity contribution in [3.63, 3.8) is 0 Å². The first-order valence-electron chi connectivity index (χ1n) is 3.21. The van der Waals surface area contributed by atoms with E-state index in [2.05, 4.69) is 15.9 Å². The molecule has 1 aromatic carbocycles. The van der Waals surface area contributed by atoms with Gasteiger partial charge in [0.1, 0.15) is 5.82 Å². The lowest BCUT2D eigenvalue weighted by Gasteiger charge is -2.05. The first-order chi connectivity index (χ1) is 5.13. The number of halogens is 3. The van der Waals surface area contributed by atoms with Crippen LogP contribution in [0.1, 0.15) is 17.9 Å². The van der Waals surface area contributed by atoms with E-state index in [-0.39, 0.29) is 11.2 Å². The Hall–Kier alpha value is -0.0800. The zero-order chi connectivity index (χ0) is 8.43. The molecule has 11 heavy (non-hydrogen) atoms. The largest absolute Gasteiger partial charge is 0.205 e. The van der Waals surface area contributed by atoms with Gasteiger partial charge in [-0.15, -0.1) is 11.6 Å². The van der Waals surface area contributed by atoms with E-state index in [1.165, 1.54) is 0 Å². The van der Waals surface area contributed by atoms with Gasteiger partial charge in [-0.05, 0) is 28.9 Å². The third kappa shape index (κ3) is 1.94. The molecule has 0 saturated carbocycles. The molecule has 1 rings (SSSR count). The molecule has 1 aromatic rings. The van der Waals surface area contributed by atoms with Gasteiger partial charge in [0.05, 0.1) is 9.85 Å². The number of benzene rings is 1. The molecule has 0 heterocycles. The van der Waals surface area contributed by atoms with E-state index in [0.717, 1.165) is 0 Å². The van der Waals surface area contributed by atoms with Crippen molar-refractivity contribution in [2.24, 2.45) is 0 Å². The van der Waals surface area contributed by atoms with E-state index in [0.29, 0.717) is 10.0 Å². The molecular weight excluding hydrogens is 230 g/mol. The zero-order valence-corrected chi connectivity index (χ0v) is 8.29. The Balaban J connectivity index is 3.17. The van der Waals surface area contributed by atoms with Gasteiger partial charge in [-0.1, -0.05) is 12.1 Å². The molecule has 0 aliphatic carbocycles. The first kappa shape index (κ1) is 9.01. The Bertz CT molecular complexity index is 260. The number of hydrogen-bond acceptors (Lipinski definition) is 0. The molecule has 0 saturated heterocycles. The Morgan fingerprint density at radius 1 is 1.55 bits per heavy atom. The summed E-state index contributed by atoms with van der Waals surface area (Å²) in [6, 6.07) is 5.09. The molecule has 0 bridgehead atoms. The smallest absolute Gasteiger partial charge is 0.142 e. The van der Waals surface area contributed by atoms with Gasteiger partial charge in [0.25, 0.3) is 0 Å². The summed E-state index contributed by atoms with van der Waals surface area (Å²) in [5.41, 5.74) is 0.529. The molecule has 3 heteroatoms. The van der Waals surface area contributed by atoms with E-state index >= 15 is 0 Å². The molecule has 0 radical (unpaired) electrons. The van der Waals surface area contributed by atoms with Gasteiger partial charge in [-0.25, -0.2) is 4.39 Å². The highest BCUT2D eigenvalue weighted by Crippen LogP contribution is 2.26. The van der Waals surface area contributed by atoms with E-state index in [1.54, 1.807) is 25.1 Å². The van der Waals surface area contributed by atoms with Crippen molar-refractivity contribution in [1.82, 2.24) is 0 Å². The molecule has 0 aromatic heterocycles. The van der Waals surface area contributed by atoms with Gasteiger partial charge in [0, 0.05) is 5.56 Å². The Kier molecular flexibility index (Phi) is 2.90. The zero-order valence-electron chi connectivity index (χ0n) is 5.94. The van der Waals surface area contributed by atoms with Crippen molar-refractivity contribution in [2.45, 2.75) is 12.3 Å². The second kappa shape index (κ2) is 3.55. The van der Waals surface area contributed by atoms with Gasteiger partial charge in [-0.3, -0.25) is 0 Å². The third-order valence-electron chi connectivity index (χ3n) is 1.41. The number of alkyl halides is 1. The molecule has 0 spiro atoms. The van der Waals surface area contributed by atoms with Crippen molar-refractivity contribution in [3.05, 3.63) is 34.1 Å². The summed E-state index contributed by atoms with van der Waals surface area (Å²) in [5.74, 6) is -0.269. The van der Waals surface area contributed by atoms with Crippen LogP contribution in [0, 0.1) is 5.82 Å². The van der Waals surface area contributed by atoms with Gasteiger partial charge < -0.3 is 0 Å². The van der Waals surface area contributed by atoms with Crippen molar-refractivity contribution in [3.8, 4) is 0 Å².